The third-order valence-electron chi connectivity index (χ3n) is 3.59. The molecule has 2 rings (SSSR count). The van der Waals surface area contributed by atoms with Crippen molar-refractivity contribution in [2.24, 2.45) is 0 Å². The molecule has 1 saturated heterocycles. The maximum Gasteiger partial charge on any atom is 0.205 e. The Morgan fingerprint density at radius 2 is 2.16 bits per heavy atom. The molecule has 108 valence electrons. The number of hydrogen-bond donors (Lipinski definition) is 1. The van der Waals surface area contributed by atoms with Gasteiger partial charge in [0.15, 0.2) is 0 Å². The second-order valence-corrected chi connectivity index (χ2v) is 7.03. The number of nitrogens with zero attached hydrogens (tertiary/aromatic N) is 3. The van der Waals surface area contributed by atoms with E-state index in [1.54, 1.807) is 11.5 Å². The van der Waals surface area contributed by atoms with Crippen LogP contribution in [0.1, 0.15) is 52.8 Å². The third kappa shape index (κ3) is 3.66. The molecule has 0 aliphatic carbocycles. The standard InChI is InChI=1S/C14H26N4S/c1-5-15-10-11-8-6-7-9-18(11)13-16-12(17-19-13)14(2,3)4/h11,15H,5-10H2,1-4H3. The molecule has 1 N–H and O–H groups in total. The van der Waals surface area contributed by atoms with Gasteiger partial charge in [0.1, 0.15) is 5.82 Å². The van der Waals surface area contributed by atoms with Crippen LogP contribution < -0.4 is 10.2 Å². The molecule has 1 aliphatic heterocycles. The van der Waals surface area contributed by atoms with Crippen LogP contribution in [0.4, 0.5) is 5.13 Å². The Kier molecular flexibility index (Phi) is 4.79. The quantitative estimate of drug-likeness (QED) is 0.922. The molecular formula is C14H26N4S. The van der Waals surface area contributed by atoms with Crippen molar-refractivity contribution in [2.75, 3.05) is 24.5 Å². The lowest BCUT2D eigenvalue weighted by Gasteiger charge is -2.35. The molecule has 0 radical (unpaired) electrons. The van der Waals surface area contributed by atoms with E-state index in [-0.39, 0.29) is 5.41 Å². The first-order valence-corrected chi connectivity index (χ1v) is 8.11. The van der Waals surface area contributed by atoms with Crippen LogP contribution in [0.2, 0.25) is 0 Å². The van der Waals surface area contributed by atoms with E-state index in [1.165, 1.54) is 19.3 Å². The highest BCUT2D eigenvalue weighted by atomic mass is 32.1. The zero-order chi connectivity index (χ0) is 13.9. The normalized spacial score (nSPS) is 20.8. The van der Waals surface area contributed by atoms with Crippen molar-refractivity contribution in [1.82, 2.24) is 14.7 Å². The zero-order valence-electron chi connectivity index (χ0n) is 12.6. The number of nitrogens with one attached hydrogen (secondary N) is 1. The van der Waals surface area contributed by atoms with Gasteiger partial charge in [0, 0.05) is 36.1 Å². The summed E-state index contributed by atoms with van der Waals surface area (Å²) in [5, 5.41) is 4.57. The molecule has 0 saturated carbocycles. The largest absolute Gasteiger partial charge is 0.343 e. The van der Waals surface area contributed by atoms with E-state index in [2.05, 4.69) is 42.3 Å². The molecule has 5 heteroatoms. The van der Waals surface area contributed by atoms with E-state index < -0.39 is 0 Å². The summed E-state index contributed by atoms with van der Waals surface area (Å²) in [6, 6.07) is 0.578. The maximum absolute atomic E-state index is 4.77. The van der Waals surface area contributed by atoms with Gasteiger partial charge in [-0.2, -0.15) is 4.37 Å². The molecule has 1 aromatic rings. The number of aromatic nitrogens is 2. The van der Waals surface area contributed by atoms with Crippen LogP contribution >= 0.6 is 11.5 Å². The average molecular weight is 282 g/mol. The van der Waals surface area contributed by atoms with Gasteiger partial charge in [-0.25, -0.2) is 4.98 Å². The van der Waals surface area contributed by atoms with E-state index in [4.69, 9.17) is 4.98 Å². The summed E-state index contributed by atoms with van der Waals surface area (Å²) in [7, 11) is 0. The molecule has 0 spiro atoms. The molecular weight excluding hydrogens is 256 g/mol. The van der Waals surface area contributed by atoms with Crippen molar-refractivity contribution in [1.29, 1.82) is 0 Å². The first-order valence-electron chi connectivity index (χ1n) is 7.34. The van der Waals surface area contributed by atoms with Crippen LogP contribution in [0.15, 0.2) is 0 Å². The fraction of sp³-hybridized carbons (Fsp3) is 0.857. The van der Waals surface area contributed by atoms with Crippen molar-refractivity contribution >= 4 is 16.7 Å². The van der Waals surface area contributed by atoms with E-state index in [0.29, 0.717) is 6.04 Å². The number of piperidine rings is 1. The fourth-order valence-corrected chi connectivity index (χ4v) is 3.37. The predicted molar refractivity (Wildman–Crippen MR) is 82.1 cm³/mol. The van der Waals surface area contributed by atoms with Gasteiger partial charge in [-0.15, -0.1) is 0 Å². The second-order valence-electron chi connectivity index (χ2n) is 6.30. The molecule has 1 aromatic heterocycles. The van der Waals surface area contributed by atoms with Gasteiger partial charge in [-0.3, -0.25) is 0 Å². The van der Waals surface area contributed by atoms with Gasteiger partial charge < -0.3 is 10.2 Å². The SMILES string of the molecule is CCNCC1CCCCN1c1nc(C(C)(C)C)ns1. The van der Waals surface area contributed by atoms with Crippen LogP contribution in [0.3, 0.4) is 0 Å². The number of anilines is 1. The number of hydrogen-bond acceptors (Lipinski definition) is 5. The maximum atomic E-state index is 4.77. The minimum Gasteiger partial charge on any atom is -0.343 e. The smallest absolute Gasteiger partial charge is 0.205 e. The summed E-state index contributed by atoms with van der Waals surface area (Å²) >= 11 is 1.56. The van der Waals surface area contributed by atoms with Gasteiger partial charge in [0.05, 0.1) is 0 Å². The Morgan fingerprint density at radius 3 is 2.79 bits per heavy atom. The fourth-order valence-electron chi connectivity index (χ4n) is 2.41. The molecule has 1 atom stereocenters. The molecule has 4 nitrogen and oxygen atoms in total. The second kappa shape index (κ2) is 6.18. The van der Waals surface area contributed by atoms with Gasteiger partial charge in [0.25, 0.3) is 0 Å². The van der Waals surface area contributed by atoms with Gasteiger partial charge in [-0.1, -0.05) is 27.7 Å². The number of rotatable bonds is 4. The molecule has 1 unspecified atom stereocenters. The lowest BCUT2D eigenvalue weighted by atomic mass is 9.96. The first kappa shape index (κ1) is 14.7. The Bertz CT molecular complexity index is 396. The Hall–Kier alpha value is -0.680. The predicted octanol–water partition coefficient (Wildman–Crippen LogP) is 2.80. The Labute approximate surface area is 120 Å². The van der Waals surface area contributed by atoms with Gasteiger partial charge >= 0.3 is 0 Å². The minimum atomic E-state index is 0.0434. The van der Waals surface area contributed by atoms with Gasteiger partial charge in [0.2, 0.25) is 5.13 Å². The summed E-state index contributed by atoms with van der Waals surface area (Å²) in [5.74, 6) is 0.972. The molecule has 19 heavy (non-hydrogen) atoms. The zero-order valence-corrected chi connectivity index (χ0v) is 13.4. The molecule has 1 aliphatic rings. The minimum absolute atomic E-state index is 0.0434. The Balaban J connectivity index is 2.11. The van der Waals surface area contributed by atoms with Crippen molar-refractivity contribution in [3.05, 3.63) is 5.82 Å². The van der Waals surface area contributed by atoms with Crippen LogP contribution in [0.25, 0.3) is 0 Å². The van der Waals surface area contributed by atoms with Crippen molar-refractivity contribution in [3.63, 3.8) is 0 Å². The van der Waals surface area contributed by atoms with Crippen molar-refractivity contribution in [3.8, 4) is 0 Å². The monoisotopic (exact) mass is 282 g/mol. The van der Waals surface area contributed by atoms with E-state index >= 15 is 0 Å². The third-order valence-corrected chi connectivity index (χ3v) is 4.34. The summed E-state index contributed by atoms with van der Waals surface area (Å²) in [6.45, 7) is 11.9. The first-order chi connectivity index (χ1) is 9.02. The highest BCUT2D eigenvalue weighted by Crippen LogP contribution is 2.29. The van der Waals surface area contributed by atoms with E-state index in [1.807, 2.05) is 0 Å². The molecule has 0 amide bonds. The van der Waals surface area contributed by atoms with E-state index in [0.717, 1.165) is 30.6 Å². The summed E-state index contributed by atoms with van der Waals surface area (Å²) < 4.78 is 4.55. The highest BCUT2D eigenvalue weighted by molar-refractivity contribution is 7.09. The van der Waals surface area contributed by atoms with Crippen LogP contribution in [0, 0.1) is 0 Å². The summed E-state index contributed by atoms with van der Waals surface area (Å²) in [4.78, 5) is 7.23. The van der Waals surface area contributed by atoms with Crippen LogP contribution in [-0.2, 0) is 5.41 Å². The summed E-state index contributed by atoms with van der Waals surface area (Å²) in [5.41, 5.74) is 0.0434. The average Bonchev–Trinajstić information content (AvgIpc) is 2.86. The summed E-state index contributed by atoms with van der Waals surface area (Å²) in [6.07, 6.45) is 3.86. The Morgan fingerprint density at radius 1 is 1.37 bits per heavy atom. The van der Waals surface area contributed by atoms with Crippen molar-refractivity contribution < 1.29 is 0 Å². The number of likely N-dealkylation sites (N-methyl/N-ethyl adjacent to an activating group) is 1. The van der Waals surface area contributed by atoms with Crippen molar-refractivity contribution in [2.45, 2.75) is 58.4 Å². The lowest BCUT2D eigenvalue weighted by Crippen LogP contribution is -2.45. The highest BCUT2D eigenvalue weighted by Gasteiger charge is 2.27. The molecule has 0 aromatic carbocycles. The van der Waals surface area contributed by atoms with Crippen LogP contribution in [-0.4, -0.2) is 35.0 Å². The topological polar surface area (TPSA) is 41.0 Å². The van der Waals surface area contributed by atoms with Gasteiger partial charge in [-0.05, 0) is 25.8 Å². The molecule has 0 bridgehead atoms. The molecule has 1 fully saturated rings. The van der Waals surface area contributed by atoms with Crippen LogP contribution in [0.5, 0.6) is 0 Å². The van der Waals surface area contributed by atoms with E-state index in [9.17, 15) is 0 Å². The lowest BCUT2D eigenvalue weighted by molar-refractivity contribution is 0.437. The molecule has 2 heterocycles.